The summed E-state index contributed by atoms with van der Waals surface area (Å²) < 4.78 is 0. The Balaban J connectivity index is 2.18. The summed E-state index contributed by atoms with van der Waals surface area (Å²) >= 11 is 0. The molecule has 1 aliphatic heterocycles. The lowest BCUT2D eigenvalue weighted by molar-refractivity contribution is -0.152. The number of carbonyl (C=O) groups excluding carboxylic acids is 2. The molecule has 3 unspecified atom stereocenters. The van der Waals surface area contributed by atoms with Crippen molar-refractivity contribution in [2.24, 2.45) is 11.8 Å². The maximum Gasteiger partial charge on any atom is 0.246 e. The highest BCUT2D eigenvalue weighted by Crippen LogP contribution is 2.37. The molecule has 2 rings (SSSR count). The highest BCUT2D eigenvalue weighted by molar-refractivity contribution is 5.97. The van der Waals surface area contributed by atoms with Crippen LogP contribution in [0.3, 0.4) is 0 Å². The van der Waals surface area contributed by atoms with Crippen LogP contribution in [0.2, 0.25) is 0 Å². The van der Waals surface area contributed by atoms with Crippen molar-refractivity contribution in [3.05, 3.63) is 0 Å². The van der Waals surface area contributed by atoms with E-state index in [1.54, 1.807) is 0 Å². The molecule has 2 fully saturated rings. The molecular weight excluding hydrogens is 240 g/mol. The highest BCUT2D eigenvalue weighted by Gasteiger charge is 2.45. The predicted molar refractivity (Wildman–Crippen MR) is 74.5 cm³/mol. The van der Waals surface area contributed by atoms with Gasteiger partial charge >= 0.3 is 0 Å². The summed E-state index contributed by atoms with van der Waals surface area (Å²) in [6.07, 6.45) is 3.81. The van der Waals surface area contributed by atoms with Crippen LogP contribution >= 0.6 is 0 Å². The minimum Gasteiger partial charge on any atom is -0.342 e. The Morgan fingerprint density at radius 1 is 1.26 bits per heavy atom. The zero-order valence-corrected chi connectivity index (χ0v) is 12.5. The molecule has 1 N–H and O–H groups in total. The van der Waals surface area contributed by atoms with E-state index in [9.17, 15) is 9.59 Å². The van der Waals surface area contributed by atoms with Crippen molar-refractivity contribution in [3.8, 4) is 0 Å². The third-order valence-corrected chi connectivity index (χ3v) is 4.34. The van der Waals surface area contributed by atoms with Crippen LogP contribution in [-0.2, 0) is 9.59 Å². The fourth-order valence-electron chi connectivity index (χ4n) is 3.09. The van der Waals surface area contributed by atoms with E-state index in [1.807, 2.05) is 11.8 Å². The third-order valence-electron chi connectivity index (χ3n) is 4.34. The molecule has 108 valence electrons. The van der Waals surface area contributed by atoms with Gasteiger partial charge in [0.1, 0.15) is 12.1 Å². The monoisotopic (exact) mass is 266 g/mol. The third kappa shape index (κ3) is 2.93. The second kappa shape index (κ2) is 5.51. The van der Waals surface area contributed by atoms with Gasteiger partial charge < -0.3 is 10.2 Å². The molecule has 3 atom stereocenters. The van der Waals surface area contributed by atoms with Crippen LogP contribution in [0.15, 0.2) is 0 Å². The van der Waals surface area contributed by atoms with Gasteiger partial charge in [0.05, 0.1) is 0 Å². The second-order valence-electron chi connectivity index (χ2n) is 6.44. The Hall–Kier alpha value is -1.06. The summed E-state index contributed by atoms with van der Waals surface area (Å²) in [6.45, 7) is 8.25. The van der Waals surface area contributed by atoms with Crippen LogP contribution in [0, 0.1) is 11.8 Å². The molecule has 2 amide bonds. The molecule has 19 heavy (non-hydrogen) atoms. The van der Waals surface area contributed by atoms with Gasteiger partial charge in [-0.2, -0.15) is 0 Å². The largest absolute Gasteiger partial charge is 0.342 e. The second-order valence-corrected chi connectivity index (χ2v) is 6.44. The van der Waals surface area contributed by atoms with E-state index in [-0.39, 0.29) is 29.9 Å². The summed E-state index contributed by atoms with van der Waals surface area (Å²) in [5.41, 5.74) is 0. The first-order chi connectivity index (χ1) is 8.95. The Labute approximate surface area is 115 Å². The highest BCUT2D eigenvalue weighted by atomic mass is 16.2. The molecule has 0 radical (unpaired) electrons. The van der Waals surface area contributed by atoms with Crippen molar-refractivity contribution >= 4 is 11.8 Å². The van der Waals surface area contributed by atoms with Gasteiger partial charge in [0.25, 0.3) is 0 Å². The Bertz CT molecular complexity index is 363. The molecule has 0 spiro atoms. The number of carbonyl (C=O) groups is 2. The molecule has 4 heteroatoms. The van der Waals surface area contributed by atoms with E-state index in [0.717, 1.165) is 6.42 Å². The minimum atomic E-state index is -0.323. The van der Waals surface area contributed by atoms with Crippen molar-refractivity contribution in [2.75, 3.05) is 0 Å². The van der Waals surface area contributed by atoms with Gasteiger partial charge in [-0.3, -0.25) is 9.59 Å². The molecule has 0 bridgehead atoms. The van der Waals surface area contributed by atoms with E-state index in [0.29, 0.717) is 18.3 Å². The lowest BCUT2D eigenvalue weighted by atomic mass is 9.95. The van der Waals surface area contributed by atoms with Crippen molar-refractivity contribution < 1.29 is 9.59 Å². The van der Waals surface area contributed by atoms with Gasteiger partial charge in [-0.25, -0.2) is 0 Å². The maximum atomic E-state index is 12.7. The average Bonchev–Trinajstić information content (AvgIpc) is 3.15. The van der Waals surface area contributed by atoms with Crippen LogP contribution in [0.25, 0.3) is 0 Å². The molecule has 0 aromatic rings. The van der Waals surface area contributed by atoms with Crippen LogP contribution in [0.1, 0.15) is 53.4 Å². The van der Waals surface area contributed by atoms with E-state index < -0.39 is 0 Å². The van der Waals surface area contributed by atoms with Crippen LogP contribution in [0.4, 0.5) is 0 Å². The topological polar surface area (TPSA) is 49.4 Å². The summed E-state index contributed by atoms with van der Waals surface area (Å²) in [5.74, 6) is 1.16. The lowest BCUT2D eigenvalue weighted by Gasteiger charge is -2.42. The fourth-order valence-corrected chi connectivity index (χ4v) is 3.09. The number of hydrogen-bond donors (Lipinski definition) is 1. The predicted octanol–water partition coefficient (Wildman–Crippen LogP) is 1.94. The normalized spacial score (nSPS) is 29.6. The average molecular weight is 266 g/mol. The van der Waals surface area contributed by atoms with Gasteiger partial charge in [0, 0.05) is 6.04 Å². The van der Waals surface area contributed by atoms with Crippen molar-refractivity contribution in [1.29, 1.82) is 0 Å². The van der Waals surface area contributed by atoms with Gasteiger partial charge in [-0.15, -0.1) is 0 Å². The summed E-state index contributed by atoms with van der Waals surface area (Å²) in [7, 11) is 0. The molecule has 1 saturated heterocycles. The van der Waals surface area contributed by atoms with Crippen LogP contribution in [0.5, 0.6) is 0 Å². The Kier molecular flexibility index (Phi) is 4.16. The number of piperazine rings is 1. The molecular formula is C15H26N2O2. The lowest BCUT2D eigenvalue weighted by Crippen LogP contribution is -2.65. The summed E-state index contributed by atoms with van der Waals surface area (Å²) in [6, 6.07) is -0.388. The molecule has 0 aromatic carbocycles. The Morgan fingerprint density at radius 3 is 2.37 bits per heavy atom. The van der Waals surface area contributed by atoms with Gasteiger partial charge in [0.15, 0.2) is 0 Å². The zero-order chi connectivity index (χ0) is 14.2. The van der Waals surface area contributed by atoms with Crippen LogP contribution in [-0.4, -0.2) is 34.8 Å². The molecule has 2 aliphatic rings. The number of nitrogens with one attached hydrogen (secondary N) is 1. The van der Waals surface area contributed by atoms with E-state index >= 15 is 0 Å². The van der Waals surface area contributed by atoms with Crippen molar-refractivity contribution in [1.82, 2.24) is 10.2 Å². The van der Waals surface area contributed by atoms with Gasteiger partial charge in [-0.1, -0.05) is 20.8 Å². The number of amides is 2. The quantitative estimate of drug-likeness (QED) is 0.826. The molecule has 4 nitrogen and oxygen atoms in total. The molecule has 0 aromatic heterocycles. The van der Waals surface area contributed by atoms with Gasteiger partial charge in [0.2, 0.25) is 11.8 Å². The first-order valence-corrected chi connectivity index (χ1v) is 7.58. The maximum absolute atomic E-state index is 12.7. The number of hydrogen-bond acceptors (Lipinski definition) is 2. The van der Waals surface area contributed by atoms with E-state index in [4.69, 9.17) is 0 Å². The Morgan fingerprint density at radius 2 is 1.89 bits per heavy atom. The van der Waals surface area contributed by atoms with E-state index in [2.05, 4.69) is 26.1 Å². The van der Waals surface area contributed by atoms with Crippen LogP contribution < -0.4 is 5.32 Å². The summed E-state index contributed by atoms with van der Waals surface area (Å²) in [4.78, 5) is 26.8. The smallest absolute Gasteiger partial charge is 0.246 e. The first kappa shape index (κ1) is 14.4. The number of rotatable bonds is 5. The fraction of sp³-hybridized carbons (Fsp3) is 0.867. The zero-order valence-electron chi connectivity index (χ0n) is 12.5. The molecule has 1 aliphatic carbocycles. The molecule has 1 saturated carbocycles. The SMILES string of the molecule is CCC1C(=O)NC(CC(C)C)C(=O)N1C(C)C1CC1. The number of nitrogens with zero attached hydrogens (tertiary/aromatic N) is 1. The van der Waals surface area contributed by atoms with Gasteiger partial charge in [-0.05, 0) is 44.4 Å². The van der Waals surface area contributed by atoms with Crippen molar-refractivity contribution in [2.45, 2.75) is 71.5 Å². The molecule has 1 heterocycles. The first-order valence-electron chi connectivity index (χ1n) is 7.58. The summed E-state index contributed by atoms with van der Waals surface area (Å²) in [5, 5.41) is 2.91. The minimum absolute atomic E-state index is 0.0280. The van der Waals surface area contributed by atoms with E-state index in [1.165, 1.54) is 12.8 Å². The van der Waals surface area contributed by atoms with Crippen molar-refractivity contribution in [3.63, 3.8) is 0 Å². The standard InChI is InChI=1S/C15H26N2O2/c1-5-13-14(18)16-12(8-9(2)3)15(19)17(13)10(4)11-6-7-11/h9-13H,5-8H2,1-4H3,(H,16,18).